The number of amides is 2. The van der Waals surface area contributed by atoms with Crippen LogP contribution in [-0.4, -0.2) is 25.6 Å². The second-order valence-electron chi connectivity index (χ2n) is 5.61. The molecule has 136 valence electrons. The van der Waals surface area contributed by atoms with E-state index in [0.717, 1.165) is 12.1 Å². The van der Waals surface area contributed by atoms with Gasteiger partial charge in [0.1, 0.15) is 12.1 Å². The molecule has 7 nitrogen and oxygen atoms in total. The maximum atomic E-state index is 12.6. The Morgan fingerprint density at radius 3 is 2.52 bits per heavy atom. The van der Waals surface area contributed by atoms with Crippen molar-refractivity contribution in [2.45, 2.75) is 6.18 Å². The molecule has 0 radical (unpaired) electrons. The number of fused-ring (bicyclic) bond motifs is 3. The quantitative estimate of drug-likeness (QED) is 0.558. The van der Waals surface area contributed by atoms with E-state index in [1.807, 2.05) is 6.07 Å². The molecule has 10 heteroatoms. The van der Waals surface area contributed by atoms with Crippen molar-refractivity contribution in [3.63, 3.8) is 0 Å². The molecule has 1 aromatic carbocycles. The zero-order valence-corrected chi connectivity index (χ0v) is 13.5. The average molecular weight is 372 g/mol. The Kier molecular flexibility index (Phi) is 3.87. The van der Waals surface area contributed by atoms with Crippen molar-refractivity contribution >= 4 is 34.1 Å². The van der Waals surface area contributed by atoms with Gasteiger partial charge in [0.05, 0.1) is 16.5 Å². The smallest absolute Gasteiger partial charge is 0.308 e. The summed E-state index contributed by atoms with van der Waals surface area (Å²) in [6.45, 7) is 0. The Morgan fingerprint density at radius 1 is 1.00 bits per heavy atom. The highest BCUT2D eigenvalue weighted by atomic mass is 19.4. The average Bonchev–Trinajstić information content (AvgIpc) is 3.01. The van der Waals surface area contributed by atoms with Gasteiger partial charge in [-0.3, -0.25) is 5.32 Å². The van der Waals surface area contributed by atoms with Crippen LogP contribution in [0.3, 0.4) is 0 Å². The number of carbonyl (C=O) groups excluding carboxylic acids is 1. The lowest BCUT2D eigenvalue weighted by molar-refractivity contribution is -0.137. The molecule has 0 fully saturated rings. The summed E-state index contributed by atoms with van der Waals surface area (Å²) in [5, 5.41) is 9.89. The largest absolute Gasteiger partial charge is 0.416 e. The molecule has 27 heavy (non-hydrogen) atoms. The Morgan fingerprint density at radius 2 is 1.78 bits per heavy atom. The minimum atomic E-state index is -4.43. The van der Waals surface area contributed by atoms with Crippen molar-refractivity contribution in [3.8, 4) is 0 Å². The van der Waals surface area contributed by atoms with Gasteiger partial charge in [-0.05, 0) is 36.4 Å². The maximum absolute atomic E-state index is 12.6. The van der Waals surface area contributed by atoms with Crippen LogP contribution in [0.25, 0.3) is 16.6 Å². The third-order valence-electron chi connectivity index (χ3n) is 3.83. The number of hydrogen-bond donors (Lipinski definition) is 2. The van der Waals surface area contributed by atoms with Gasteiger partial charge in [-0.1, -0.05) is 6.07 Å². The van der Waals surface area contributed by atoms with Crippen molar-refractivity contribution < 1.29 is 18.0 Å². The van der Waals surface area contributed by atoms with E-state index in [1.165, 1.54) is 18.5 Å². The van der Waals surface area contributed by atoms with Crippen molar-refractivity contribution in [1.29, 1.82) is 0 Å². The van der Waals surface area contributed by atoms with Gasteiger partial charge in [0.2, 0.25) is 0 Å². The van der Waals surface area contributed by atoms with Crippen molar-refractivity contribution in [1.82, 2.24) is 19.6 Å². The number of nitrogens with zero attached hydrogens (tertiary/aromatic N) is 4. The standard InChI is InChI=1S/C17H11F3N6O/c18-17(19,20)10-4-6-11(7-5-10)23-16(27)24-14-13-12-3-1-2-8-26(12)25-15(13)22-9-21-14/h1-9H,(H2,21,22,23,24,25,27). The van der Waals surface area contributed by atoms with Crippen LogP contribution in [0.4, 0.5) is 29.5 Å². The van der Waals surface area contributed by atoms with E-state index < -0.39 is 17.8 Å². The number of benzene rings is 1. The molecule has 0 atom stereocenters. The summed E-state index contributed by atoms with van der Waals surface area (Å²) in [5.41, 5.74) is 0.530. The first kappa shape index (κ1) is 16.8. The number of anilines is 2. The van der Waals surface area contributed by atoms with Gasteiger partial charge in [0.25, 0.3) is 0 Å². The van der Waals surface area contributed by atoms with Crippen LogP contribution in [-0.2, 0) is 6.18 Å². The van der Waals surface area contributed by atoms with Crippen molar-refractivity contribution in [3.05, 3.63) is 60.6 Å². The van der Waals surface area contributed by atoms with Crippen LogP contribution in [0, 0.1) is 0 Å². The molecular weight excluding hydrogens is 361 g/mol. The molecule has 0 spiro atoms. The molecule has 0 aliphatic heterocycles. The lowest BCUT2D eigenvalue weighted by Crippen LogP contribution is -2.20. The molecule has 0 unspecified atom stereocenters. The zero-order valence-electron chi connectivity index (χ0n) is 13.5. The van der Waals surface area contributed by atoms with Gasteiger partial charge in [-0.2, -0.15) is 13.2 Å². The van der Waals surface area contributed by atoms with Crippen LogP contribution >= 0.6 is 0 Å². The summed E-state index contributed by atoms with van der Waals surface area (Å²) < 4.78 is 39.4. The van der Waals surface area contributed by atoms with E-state index in [4.69, 9.17) is 0 Å². The Balaban J connectivity index is 1.58. The number of aromatic nitrogens is 4. The first-order chi connectivity index (χ1) is 12.9. The van der Waals surface area contributed by atoms with E-state index >= 15 is 0 Å². The third kappa shape index (κ3) is 3.24. The normalized spacial score (nSPS) is 11.7. The van der Waals surface area contributed by atoms with Gasteiger partial charge < -0.3 is 5.32 Å². The summed E-state index contributed by atoms with van der Waals surface area (Å²) in [7, 11) is 0. The molecule has 0 saturated heterocycles. The van der Waals surface area contributed by atoms with Crippen LogP contribution < -0.4 is 10.6 Å². The van der Waals surface area contributed by atoms with Gasteiger partial charge >= 0.3 is 12.2 Å². The number of nitrogens with one attached hydrogen (secondary N) is 2. The SMILES string of the molecule is O=C(Nc1ccc(C(F)(F)F)cc1)Nc1ncnc2nn3ccccc3c12. The summed E-state index contributed by atoms with van der Waals surface area (Å²) in [6.07, 6.45) is -1.43. The molecule has 4 aromatic rings. The number of hydrogen-bond acceptors (Lipinski definition) is 4. The van der Waals surface area contributed by atoms with E-state index in [1.54, 1.807) is 22.8 Å². The number of alkyl halides is 3. The van der Waals surface area contributed by atoms with Gasteiger partial charge in [0.15, 0.2) is 5.65 Å². The van der Waals surface area contributed by atoms with Gasteiger partial charge in [0, 0.05) is 11.9 Å². The number of halogens is 3. The summed E-state index contributed by atoms with van der Waals surface area (Å²) in [4.78, 5) is 20.4. The number of rotatable bonds is 2. The van der Waals surface area contributed by atoms with Crippen LogP contribution in [0.15, 0.2) is 55.0 Å². The first-order valence-corrected chi connectivity index (χ1v) is 7.75. The second kappa shape index (κ2) is 6.24. The highest BCUT2D eigenvalue weighted by Crippen LogP contribution is 2.30. The molecule has 4 rings (SSSR count). The van der Waals surface area contributed by atoms with Gasteiger partial charge in [-0.15, -0.1) is 5.10 Å². The summed E-state index contributed by atoms with van der Waals surface area (Å²) in [5.74, 6) is 0.241. The zero-order chi connectivity index (χ0) is 19.0. The van der Waals surface area contributed by atoms with Crippen molar-refractivity contribution in [2.24, 2.45) is 0 Å². The molecule has 3 aromatic heterocycles. The molecule has 2 N–H and O–H groups in total. The fourth-order valence-corrected chi connectivity index (χ4v) is 2.62. The Labute approximate surface area is 149 Å². The molecule has 0 saturated carbocycles. The second-order valence-corrected chi connectivity index (χ2v) is 5.61. The first-order valence-electron chi connectivity index (χ1n) is 7.75. The van der Waals surface area contributed by atoms with Gasteiger partial charge in [-0.25, -0.2) is 19.3 Å². The van der Waals surface area contributed by atoms with E-state index in [-0.39, 0.29) is 11.5 Å². The molecular formula is C17H11F3N6O. The van der Waals surface area contributed by atoms with E-state index in [2.05, 4.69) is 25.7 Å². The summed E-state index contributed by atoms with van der Waals surface area (Å²) >= 11 is 0. The van der Waals surface area contributed by atoms with E-state index in [0.29, 0.717) is 16.6 Å². The summed E-state index contributed by atoms with van der Waals surface area (Å²) in [6, 6.07) is 8.91. The van der Waals surface area contributed by atoms with Crippen LogP contribution in [0.5, 0.6) is 0 Å². The monoisotopic (exact) mass is 372 g/mol. The highest BCUT2D eigenvalue weighted by Gasteiger charge is 2.30. The fraction of sp³-hybridized carbons (Fsp3) is 0.0588. The van der Waals surface area contributed by atoms with Crippen LogP contribution in [0.1, 0.15) is 5.56 Å². The predicted octanol–water partition coefficient (Wildman–Crippen LogP) is 3.94. The molecule has 0 aliphatic rings. The Hall–Kier alpha value is -3.69. The molecule has 0 aliphatic carbocycles. The number of carbonyl (C=O) groups is 1. The van der Waals surface area contributed by atoms with E-state index in [9.17, 15) is 18.0 Å². The Bertz CT molecular complexity index is 1140. The van der Waals surface area contributed by atoms with Crippen LogP contribution in [0.2, 0.25) is 0 Å². The maximum Gasteiger partial charge on any atom is 0.416 e. The minimum absolute atomic E-state index is 0.214. The minimum Gasteiger partial charge on any atom is -0.308 e. The lowest BCUT2D eigenvalue weighted by atomic mass is 10.2. The topological polar surface area (TPSA) is 84.2 Å². The highest BCUT2D eigenvalue weighted by molar-refractivity contribution is 6.08. The third-order valence-corrected chi connectivity index (χ3v) is 3.83. The predicted molar refractivity (Wildman–Crippen MR) is 92.4 cm³/mol. The molecule has 3 heterocycles. The fourth-order valence-electron chi connectivity index (χ4n) is 2.62. The number of urea groups is 1. The molecule has 0 bridgehead atoms. The lowest BCUT2D eigenvalue weighted by Gasteiger charge is -2.09. The number of pyridine rings is 1. The van der Waals surface area contributed by atoms with Crippen molar-refractivity contribution in [2.75, 3.05) is 10.6 Å². The molecule has 2 amide bonds.